The summed E-state index contributed by atoms with van der Waals surface area (Å²) >= 11 is 0. The van der Waals surface area contributed by atoms with Crippen molar-refractivity contribution in [3.05, 3.63) is 78.6 Å². The summed E-state index contributed by atoms with van der Waals surface area (Å²) in [7, 11) is 1.93. The van der Waals surface area contributed by atoms with Crippen molar-refractivity contribution in [3.63, 3.8) is 0 Å². The van der Waals surface area contributed by atoms with Crippen LogP contribution in [0.2, 0.25) is 0 Å². The quantitative estimate of drug-likeness (QED) is 0.266. The SMILES string of the molecule is CC(C)C(=O)Nc1cccc2c1cc(-c1cn(C)c3c(O)nccc13)n2[C@@H](c1ccccc1)C1CCOCC1. The van der Waals surface area contributed by atoms with Crippen LogP contribution in [0, 0.1) is 11.8 Å². The number of aryl methyl sites for hydroxylation is 1. The molecular weight excluding hydrogens is 488 g/mol. The lowest BCUT2D eigenvalue weighted by Gasteiger charge is -2.34. The monoisotopic (exact) mass is 522 g/mol. The maximum absolute atomic E-state index is 12.8. The Morgan fingerprint density at radius 2 is 1.82 bits per heavy atom. The standard InChI is InChI=1S/C32H34N4O3/c1-20(2)31(37)34-26-10-7-11-27-24(26)18-28(25-19-35(3)30-23(25)12-15-33-32(30)38)36(27)29(21-8-5-4-6-9-21)22-13-16-39-17-14-22/h4-12,15,18-20,22,29H,13-14,16-17H2,1-3H3,(H,33,38)(H,34,37)/t29-/m0/s1. The molecule has 1 amide bonds. The van der Waals surface area contributed by atoms with Gasteiger partial charge in [-0.25, -0.2) is 4.98 Å². The third kappa shape index (κ3) is 4.46. The summed E-state index contributed by atoms with van der Waals surface area (Å²) in [5.41, 5.74) is 5.84. The van der Waals surface area contributed by atoms with E-state index in [1.165, 1.54) is 5.56 Å². The van der Waals surface area contributed by atoms with Gasteiger partial charge in [-0.1, -0.05) is 50.2 Å². The number of nitrogens with one attached hydrogen (secondary N) is 1. The van der Waals surface area contributed by atoms with E-state index < -0.39 is 0 Å². The Balaban J connectivity index is 1.66. The minimum Gasteiger partial charge on any atom is -0.492 e. The molecule has 1 fully saturated rings. The number of anilines is 1. The molecule has 2 aromatic carbocycles. The van der Waals surface area contributed by atoms with Crippen LogP contribution in [0.4, 0.5) is 5.69 Å². The van der Waals surface area contributed by atoms with Crippen LogP contribution < -0.4 is 5.32 Å². The number of aromatic nitrogens is 3. The highest BCUT2D eigenvalue weighted by Crippen LogP contribution is 2.44. The van der Waals surface area contributed by atoms with Crippen molar-refractivity contribution in [1.82, 2.24) is 14.1 Å². The third-order valence-corrected chi connectivity index (χ3v) is 7.94. The fourth-order valence-corrected chi connectivity index (χ4v) is 6.00. The van der Waals surface area contributed by atoms with Crippen LogP contribution in [0.3, 0.4) is 0 Å². The summed E-state index contributed by atoms with van der Waals surface area (Å²) in [6.07, 6.45) is 5.64. The molecule has 5 aromatic rings. The van der Waals surface area contributed by atoms with Crippen molar-refractivity contribution in [2.45, 2.75) is 32.7 Å². The van der Waals surface area contributed by atoms with Crippen LogP contribution in [0.1, 0.15) is 38.3 Å². The summed E-state index contributed by atoms with van der Waals surface area (Å²) < 4.78 is 10.1. The number of nitrogens with zero attached hydrogens (tertiary/aromatic N) is 3. The first-order chi connectivity index (χ1) is 18.9. The maximum atomic E-state index is 12.8. The van der Waals surface area contributed by atoms with Gasteiger partial charge in [0.25, 0.3) is 0 Å². The highest BCUT2D eigenvalue weighted by molar-refractivity contribution is 6.06. The first kappa shape index (κ1) is 25.2. The van der Waals surface area contributed by atoms with E-state index in [2.05, 4.69) is 63.5 Å². The van der Waals surface area contributed by atoms with Gasteiger partial charge < -0.3 is 24.3 Å². The van der Waals surface area contributed by atoms with E-state index in [1.54, 1.807) is 6.20 Å². The summed E-state index contributed by atoms with van der Waals surface area (Å²) in [4.78, 5) is 16.9. The Morgan fingerprint density at radius 1 is 1.05 bits per heavy atom. The Bertz CT molecular complexity index is 1640. The van der Waals surface area contributed by atoms with Gasteiger partial charge in [-0.2, -0.15) is 0 Å². The van der Waals surface area contributed by atoms with Crippen molar-refractivity contribution in [2.24, 2.45) is 18.9 Å². The van der Waals surface area contributed by atoms with Crippen LogP contribution in [-0.2, 0) is 16.6 Å². The van der Waals surface area contributed by atoms with Gasteiger partial charge in [0, 0.05) is 54.9 Å². The van der Waals surface area contributed by atoms with E-state index in [0.717, 1.165) is 59.3 Å². The number of fused-ring (bicyclic) bond motifs is 2. The molecule has 7 heteroatoms. The molecule has 0 spiro atoms. The number of rotatable bonds is 6. The molecule has 4 heterocycles. The van der Waals surface area contributed by atoms with Crippen LogP contribution in [-0.4, -0.2) is 38.3 Å². The van der Waals surface area contributed by atoms with E-state index in [-0.39, 0.29) is 23.7 Å². The Morgan fingerprint density at radius 3 is 2.56 bits per heavy atom. The predicted octanol–water partition coefficient (Wildman–Crippen LogP) is 6.51. The van der Waals surface area contributed by atoms with Crippen molar-refractivity contribution in [3.8, 4) is 17.1 Å². The van der Waals surface area contributed by atoms with E-state index in [9.17, 15) is 9.90 Å². The first-order valence-electron chi connectivity index (χ1n) is 13.6. The largest absolute Gasteiger partial charge is 0.492 e. The number of hydrogen-bond donors (Lipinski definition) is 2. The van der Waals surface area contributed by atoms with Crippen molar-refractivity contribution >= 4 is 33.4 Å². The summed E-state index contributed by atoms with van der Waals surface area (Å²) in [6.45, 7) is 5.29. The van der Waals surface area contributed by atoms with Crippen molar-refractivity contribution in [2.75, 3.05) is 18.5 Å². The highest BCUT2D eigenvalue weighted by atomic mass is 16.5. The second kappa shape index (κ2) is 10.2. The van der Waals surface area contributed by atoms with Crippen molar-refractivity contribution < 1.29 is 14.6 Å². The zero-order valence-electron chi connectivity index (χ0n) is 22.6. The minimum atomic E-state index is -0.130. The molecule has 2 N–H and O–H groups in total. The molecule has 0 saturated carbocycles. The van der Waals surface area contributed by atoms with Gasteiger partial charge in [0.05, 0.1) is 22.9 Å². The van der Waals surface area contributed by atoms with Crippen LogP contribution in [0.15, 0.2) is 73.1 Å². The molecule has 0 aliphatic carbocycles. The number of pyridine rings is 1. The third-order valence-electron chi connectivity index (χ3n) is 7.94. The number of benzene rings is 2. The molecule has 1 saturated heterocycles. The number of hydrogen-bond acceptors (Lipinski definition) is 4. The summed E-state index contributed by atoms with van der Waals surface area (Å²) in [5.74, 6) is 0.240. The number of carbonyl (C=O) groups excluding carboxylic acids is 1. The molecule has 7 nitrogen and oxygen atoms in total. The smallest absolute Gasteiger partial charge is 0.236 e. The molecule has 1 atom stereocenters. The molecule has 39 heavy (non-hydrogen) atoms. The second-order valence-electron chi connectivity index (χ2n) is 10.8. The zero-order valence-corrected chi connectivity index (χ0v) is 22.6. The molecule has 1 aliphatic heterocycles. The number of carbonyl (C=O) groups is 1. The van der Waals surface area contributed by atoms with Crippen LogP contribution in [0.5, 0.6) is 5.88 Å². The fraction of sp³-hybridized carbons (Fsp3) is 0.312. The van der Waals surface area contributed by atoms with Gasteiger partial charge in [-0.3, -0.25) is 4.79 Å². The van der Waals surface area contributed by atoms with Gasteiger partial charge in [0.1, 0.15) is 5.52 Å². The number of aromatic hydroxyl groups is 1. The molecule has 0 bridgehead atoms. The lowest BCUT2D eigenvalue weighted by atomic mass is 9.86. The van der Waals surface area contributed by atoms with Crippen LogP contribution in [0.25, 0.3) is 33.1 Å². The lowest BCUT2D eigenvalue weighted by Crippen LogP contribution is -2.27. The normalized spacial score (nSPS) is 15.3. The fourth-order valence-electron chi connectivity index (χ4n) is 6.00. The molecule has 3 aromatic heterocycles. The number of ether oxygens (including phenoxy) is 1. The number of amides is 1. The van der Waals surface area contributed by atoms with E-state index in [0.29, 0.717) is 11.4 Å². The van der Waals surface area contributed by atoms with Crippen LogP contribution >= 0.6 is 0 Å². The molecule has 0 unspecified atom stereocenters. The Hall–Kier alpha value is -4.10. The van der Waals surface area contributed by atoms with E-state index in [4.69, 9.17) is 4.74 Å². The maximum Gasteiger partial charge on any atom is 0.236 e. The lowest BCUT2D eigenvalue weighted by molar-refractivity contribution is -0.118. The molecule has 200 valence electrons. The average molecular weight is 523 g/mol. The predicted molar refractivity (Wildman–Crippen MR) is 155 cm³/mol. The first-order valence-corrected chi connectivity index (χ1v) is 13.6. The highest BCUT2D eigenvalue weighted by Gasteiger charge is 2.31. The van der Waals surface area contributed by atoms with Gasteiger partial charge in [0.2, 0.25) is 11.8 Å². The molecular formula is C32H34N4O3. The summed E-state index contributed by atoms with van der Waals surface area (Å²) in [5, 5.41) is 15.7. The van der Waals surface area contributed by atoms with Gasteiger partial charge in [0.15, 0.2) is 0 Å². The second-order valence-corrected chi connectivity index (χ2v) is 10.8. The molecule has 1 aliphatic rings. The molecule has 0 radical (unpaired) electrons. The van der Waals surface area contributed by atoms with E-state index in [1.807, 2.05) is 43.7 Å². The molecule has 6 rings (SSSR count). The van der Waals surface area contributed by atoms with Gasteiger partial charge in [-0.05, 0) is 48.6 Å². The summed E-state index contributed by atoms with van der Waals surface area (Å²) in [6, 6.07) is 21.0. The zero-order chi connectivity index (χ0) is 27.1. The topological polar surface area (TPSA) is 81.3 Å². The Kier molecular flexibility index (Phi) is 6.61. The van der Waals surface area contributed by atoms with E-state index >= 15 is 0 Å². The van der Waals surface area contributed by atoms with Crippen molar-refractivity contribution in [1.29, 1.82) is 0 Å². The Labute approximate surface area is 228 Å². The minimum absolute atomic E-state index is 0.0119. The van der Waals surface area contributed by atoms with Gasteiger partial charge >= 0.3 is 0 Å². The average Bonchev–Trinajstić information content (AvgIpc) is 3.49. The van der Waals surface area contributed by atoms with Gasteiger partial charge in [-0.15, -0.1) is 0 Å².